The van der Waals surface area contributed by atoms with Gasteiger partial charge in [-0.1, -0.05) is 12.1 Å². The summed E-state index contributed by atoms with van der Waals surface area (Å²) in [5.74, 6) is 0.756. The lowest BCUT2D eigenvalue weighted by molar-refractivity contribution is 0.0920. The molecule has 0 aliphatic heterocycles. The maximum Gasteiger partial charge on any atom is 0.202 e. The third-order valence-corrected chi connectivity index (χ3v) is 4.69. The number of aryl methyl sites for hydroxylation is 1. The van der Waals surface area contributed by atoms with Gasteiger partial charge in [0.2, 0.25) is 5.78 Å². The fraction of sp³-hybridized carbons (Fsp3) is 0.389. The van der Waals surface area contributed by atoms with Crippen molar-refractivity contribution in [1.82, 2.24) is 4.57 Å². The molecule has 0 fully saturated rings. The third kappa shape index (κ3) is 4.57. The molecule has 0 spiro atoms. The van der Waals surface area contributed by atoms with E-state index in [0.29, 0.717) is 0 Å². The van der Waals surface area contributed by atoms with Gasteiger partial charge in [0.05, 0.1) is 3.57 Å². The molecule has 0 aliphatic carbocycles. The highest BCUT2D eigenvalue weighted by atomic mass is 127. The minimum Gasteiger partial charge on any atom is -0.484 e. The average molecular weight is 427 g/mol. The number of methoxy groups -OCH3 is 1. The second-order valence-electron chi connectivity index (χ2n) is 5.43. The van der Waals surface area contributed by atoms with Gasteiger partial charge in [-0.2, -0.15) is 0 Å². The standard InChI is InChI=1S/C18H22INO3/c1-13-11-15(14(2)20(13)9-6-10-22-3)17(21)12-23-18-8-5-4-7-16(18)19/h4-5,7-8,11H,6,9-10,12H2,1-3H3. The summed E-state index contributed by atoms with van der Waals surface area (Å²) in [6, 6.07) is 9.64. The largest absolute Gasteiger partial charge is 0.484 e. The molecule has 23 heavy (non-hydrogen) atoms. The lowest BCUT2D eigenvalue weighted by Gasteiger charge is -2.10. The van der Waals surface area contributed by atoms with Crippen molar-refractivity contribution in [3.8, 4) is 5.75 Å². The first kappa shape index (κ1) is 18.0. The van der Waals surface area contributed by atoms with Crippen LogP contribution >= 0.6 is 22.6 Å². The van der Waals surface area contributed by atoms with E-state index in [0.717, 1.165) is 45.8 Å². The highest BCUT2D eigenvalue weighted by Gasteiger charge is 2.16. The number of nitrogens with zero attached hydrogens (tertiary/aromatic N) is 1. The predicted molar refractivity (Wildman–Crippen MR) is 99.4 cm³/mol. The molecule has 0 bridgehead atoms. The number of carbonyl (C=O) groups excluding carboxylic acids is 1. The number of Topliss-reactive ketones (excluding diaryl/α,β-unsaturated/α-hetero) is 1. The number of carbonyl (C=O) groups is 1. The number of benzene rings is 1. The molecule has 4 nitrogen and oxygen atoms in total. The summed E-state index contributed by atoms with van der Waals surface area (Å²) >= 11 is 2.20. The molecule has 0 atom stereocenters. The molecule has 2 aromatic rings. The van der Waals surface area contributed by atoms with Crippen LogP contribution in [0.2, 0.25) is 0 Å². The van der Waals surface area contributed by atoms with Crippen LogP contribution in [-0.4, -0.2) is 30.7 Å². The molecule has 5 heteroatoms. The number of ether oxygens (including phenoxy) is 2. The molecule has 0 unspecified atom stereocenters. The highest BCUT2D eigenvalue weighted by Crippen LogP contribution is 2.21. The van der Waals surface area contributed by atoms with Crippen LogP contribution in [0, 0.1) is 17.4 Å². The van der Waals surface area contributed by atoms with Gasteiger partial charge in [-0.25, -0.2) is 0 Å². The summed E-state index contributed by atoms with van der Waals surface area (Å²) in [6.45, 7) is 5.64. The zero-order valence-corrected chi connectivity index (χ0v) is 15.9. The van der Waals surface area contributed by atoms with Gasteiger partial charge in [0.15, 0.2) is 6.61 Å². The van der Waals surface area contributed by atoms with Crippen LogP contribution in [0.5, 0.6) is 5.75 Å². The molecule has 0 aliphatic rings. The van der Waals surface area contributed by atoms with Crippen LogP contribution in [0.1, 0.15) is 28.2 Å². The maximum atomic E-state index is 12.5. The number of rotatable bonds is 8. The Balaban J connectivity index is 2.05. The monoisotopic (exact) mass is 427 g/mol. The number of hydrogen-bond donors (Lipinski definition) is 0. The Bertz CT molecular complexity index is 679. The molecule has 0 saturated heterocycles. The highest BCUT2D eigenvalue weighted by molar-refractivity contribution is 14.1. The van der Waals surface area contributed by atoms with Crippen LogP contribution < -0.4 is 4.74 Å². The molecular weight excluding hydrogens is 405 g/mol. The Morgan fingerprint density at radius 1 is 1.26 bits per heavy atom. The van der Waals surface area contributed by atoms with Crippen molar-refractivity contribution in [2.45, 2.75) is 26.8 Å². The quantitative estimate of drug-likeness (QED) is 0.363. The molecule has 2 rings (SSSR count). The molecule has 0 amide bonds. The number of ketones is 1. The molecule has 0 saturated carbocycles. The second-order valence-corrected chi connectivity index (χ2v) is 6.59. The molecule has 0 N–H and O–H groups in total. The van der Waals surface area contributed by atoms with Gasteiger partial charge >= 0.3 is 0 Å². The van der Waals surface area contributed by atoms with Crippen molar-refractivity contribution >= 4 is 28.4 Å². The van der Waals surface area contributed by atoms with Crippen molar-refractivity contribution in [3.63, 3.8) is 0 Å². The first-order valence-electron chi connectivity index (χ1n) is 7.60. The van der Waals surface area contributed by atoms with E-state index in [-0.39, 0.29) is 12.4 Å². The number of halogens is 1. The number of para-hydroxylation sites is 1. The van der Waals surface area contributed by atoms with Crippen LogP contribution in [0.15, 0.2) is 30.3 Å². The van der Waals surface area contributed by atoms with E-state index < -0.39 is 0 Å². The zero-order chi connectivity index (χ0) is 16.8. The van der Waals surface area contributed by atoms with Crippen molar-refractivity contribution in [1.29, 1.82) is 0 Å². The van der Waals surface area contributed by atoms with Gasteiger partial charge in [-0.05, 0) is 61.1 Å². The third-order valence-electron chi connectivity index (χ3n) is 3.80. The van der Waals surface area contributed by atoms with Gasteiger partial charge in [0, 0.05) is 37.2 Å². The maximum absolute atomic E-state index is 12.5. The Kier molecular flexibility index (Phi) is 6.65. The van der Waals surface area contributed by atoms with E-state index in [4.69, 9.17) is 9.47 Å². The lowest BCUT2D eigenvalue weighted by atomic mass is 10.1. The Labute approximate surface area is 150 Å². The first-order valence-corrected chi connectivity index (χ1v) is 8.68. The summed E-state index contributed by atoms with van der Waals surface area (Å²) in [6.07, 6.45) is 0.930. The number of hydrogen-bond acceptors (Lipinski definition) is 3. The molecular formula is C18H22INO3. The number of aromatic nitrogens is 1. The zero-order valence-electron chi connectivity index (χ0n) is 13.8. The van der Waals surface area contributed by atoms with Gasteiger partial charge < -0.3 is 14.0 Å². The molecule has 124 valence electrons. The van der Waals surface area contributed by atoms with E-state index in [1.807, 2.05) is 44.2 Å². The van der Waals surface area contributed by atoms with Gasteiger partial charge in [-0.15, -0.1) is 0 Å². The summed E-state index contributed by atoms with van der Waals surface area (Å²) in [7, 11) is 1.70. The van der Waals surface area contributed by atoms with E-state index >= 15 is 0 Å². The topological polar surface area (TPSA) is 40.5 Å². The minimum atomic E-state index is 0.00995. The second kappa shape index (κ2) is 8.49. The van der Waals surface area contributed by atoms with Gasteiger partial charge in [0.1, 0.15) is 5.75 Å². The molecule has 1 aromatic carbocycles. The Morgan fingerprint density at radius 3 is 2.70 bits per heavy atom. The Morgan fingerprint density at radius 2 is 2.00 bits per heavy atom. The fourth-order valence-electron chi connectivity index (χ4n) is 2.58. The normalized spacial score (nSPS) is 10.8. The smallest absolute Gasteiger partial charge is 0.202 e. The molecule has 1 aromatic heterocycles. The summed E-state index contributed by atoms with van der Waals surface area (Å²) in [5, 5.41) is 0. The van der Waals surface area contributed by atoms with Crippen molar-refractivity contribution < 1.29 is 14.3 Å². The van der Waals surface area contributed by atoms with E-state index in [1.165, 1.54) is 0 Å². The van der Waals surface area contributed by atoms with Crippen molar-refractivity contribution in [2.24, 2.45) is 0 Å². The van der Waals surface area contributed by atoms with Gasteiger partial charge in [-0.3, -0.25) is 4.79 Å². The first-order chi connectivity index (χ1) is 11.0. The van der Waals surface area contributed by atoms with E-state index in [2.05, 4.69) is 27.2 Å². The van der Waals surface area contributed by atoms with Crippen LogP contribution in [-0.2, 0) is 11.3 Å². The SMILES string of the molecule is COCCCn1c(C)cc(C(=O)COc2ccccc2I)c1C. The molecule has 0 radical (unpaired) electrons. The molecule has 1 heterocycles. The van der Waals surface area contributed by atoms with Crippen molar-refractivity contribution in [3.05, 3.63) is 50.9 Å². The summed E-state index contributed by atoms with van der Waals surface area (Å²) < 4.78 is 13.9. The fourth-order valence-corrected chi connectivity index (χ4v) is 3.12. The Hall–Kier alpha value is -1.34. The van der Waals surface area contributed by atoms with Crippen LogP contribution in [0.25, 0.3) is 0 Å². The summed E-state index contributed by atoms with van der Waals surface area (Å²) in [5.41, 5.74) is 2.83. The van der Waals surface area contributed by atoms with Crippen molar-refractivity contribution in [2.75, 3.05) is 20.3 Å². The van der Waals surface area contributed by atoms with E-state index in [1.54, 1.807) is 7.11 Å². The lowest BCUT2D eigenvalue weighted by Crippen LogP contribution is -2.13. The van der Waals surface area contributed by atoms with E-state index in [9.17, 15) is 4.79 Å². The van der Waals surface area contributed by atoms with Gasteiger partial charge in [0.25, 0.3) is 0 Å². The van der Waals surface area contributed by atoms with Crippen LogP contribution in [0.4, 0.5) is 0 Å². The summed E-state index contributed by atoms with van der Waals surface area (Å²) in [4.78, 5) is 12.5. The minimum absolute atomic E-state index is 0.00995. The predicted octanol–water partition coefficient (Wildman–Crippen LogP) is 4.01. The average Bonchev–Trinajstić information content (AvgIpc) is 2.82. The van der Waals surface area contributed by atoms with Crippen LogP contribution in [0.3, 0.4) is 0 Å².